The zero-order valence-corrected chi connectivity index (χ0v) is 57.8. The maximum Gasteiger partial charge on any atom is 0.246 e. The molecule has 6 aliphatic rings. The van der Waals surface area contributed by atoms with Gasteiger partial charge in [-0.05, 0) is 111 Å². The number of methoxy groups -OCH3 is 1. The van der Waals surface area contributed by atoms with Gasteiger partial charge < -0.3 is 82.9 Å². The topological polar surface area (TPSA) is 428 Å². The van der Waals surface area contributed by atoms with Gasteiger partial charge in [-0.15, -0.1) is 4.68 Å². The number of nitrogens with two attached hydrogens (primary N) is 1. The Morgan fingerprint density at radius 2 is 1.46 bits per heavy atom. The second kappa shape index (κ2) is 32.7. The number of primary amides is 1. The van der Waals surface area contributed by atoms with Gasteiger partial charge in [-0.3, -0.25) is 57.5 Å². The van der Waals surface area contributed by atoms with Gasteiger partial charge in [-0.1, -0.05) is 60.7 Å². The quantitative estimate of drug-likeness (QED) is 0.0664. The fourth-order valence-corrected chi connectivity index (χ4v) is 13.4. The van der Waals surface area contributed by atoms with Crippen LogP contribution < -0.4 is 58.3 Å². The molecule has 2 fully saturated rings. The van der Waals surface area contributed by atoms with Crippen molar-refractivity contribution in [3.8, 4) is 5.75 Å². The fourth-order valence-electron chi connectivity index (χ4n) is 13.4. The lowest BCUT2D eigenvalue weighted by Crippen LogP contribution is -2.64. The van der Waals surface area contributed by atoms with E-state index in [0.29, 0.717) is 56.5 Å². The van der Waals surface area contributed by atoms with E-state index in [-0.39, 0.29) is 71.3 Å². The molecular formula is C71H86FN16O15+. The first-order valence-electron chi connectivity index (χ1n) is 34.1. The minimum atomic E-state index is -1.86. The van der Waals surface area contributed by atoms with E-state index in [1.165, 1.54) is 64.1 Å². The Labute approximate surface area is 591 Å². The summed E-state index contributed by atoms with van der Waals surface area (Å²) in [4.78, 5) is 178. The number of rotatable bonds is 8. The lowest BCUT2D eigenvalue weighted by Gasteiger charge is -2.37. The number of hydrogen-bond donors (Lipinski definition) is 12. The number of nitrogens with one attached hydrogen (secondary N) is 10. The summed E-state index contributed by atoms with van der Waals surface area (Å²) in [5.74, 6) is -10.5. The van der Waals surface area contributed by atoms with Crippen LogP contribution in [0.15, 0.2) is 108 Å². The predicted molar refractivity (Wildman–Crippen MR) is 367 cm³/mol. The summed E-state index contributed by atoms with van der Waals surface area (Å²) in [7, 11) is 1.47. The second-order valence-corrected chi connectivity index (χ2v) is 26.9. The SMILES string of the molecule is COc1ccc(C[C@@H]2NC(=O)[C@H]([C@H](C)O)NC(=O)[C@@H]3[C@@H]4CCN3C(=O)[C@H](Cc3c[nH]c5ccc(F)cc35)NC(=O)C(Cc3cccc(c3)C[N+]3=CC(CO4)N=N3)NC(=O)[C@@H](C)NC(=O)[C@H](C)NC(=O)[C@@H](NC(C)=O)CC(=O)NCc3ccc(cc3)C[C@@H](C(N)=O)NC(=O)[C@]3(C)CCCN3C2=O)cc1. The number of aromatic amines is 1. The van der Waals surface area contributed by atoms with Crippen LogP contribution in [-0.2, 0) is 101 Å². The van der Waals surface area contributed by atoms with Crippen molar-refractivity contribution in [3.63, 3.8) is 0 Å². The average molecular weight is 1420 g/mol. The molecule has 546 valence electrons. The van der Waals surface area contributed by atoms with E-state index in [1.54, 1.807) is 83.7 Å². The number of fused-ring (bicyclic) bond motifs is 27. The van der Waals surface area contributed by atoms with Crippen LogP contribution in [0.4, 0.5) is 4.39 Å². The van der Waals surface area contributed by atoms with Crippen LogP contribution in [0, 0.1) is 5.82 Å². The first-order valence-corrected chi connectivity index (χ1v) is 34.1. The van der Waals surface area contributed by atoms with Crippen LogP contribution in [0.3, 0.4) is 0 Å². The van der Waals surface area contributed by atoms with Crippen molar-refractivity contribution >= 4 is 88.0 Å². The van der Waals surface area contributed by atoms with Gasteiger partial charge in [0.1, 0.15) is 96.1 Å². The first kappa shape index (κ1) is 74.7. The molecule has 5 aromatic rings. The van der Waals surface area contributed by atoms with Crippen molar-refractivity contribution in [2.24, 2.45) is 16.1 Å². The number of amides is 12. The molecule has 0 saturated carbocycles. The molecule has 4 aromatic carbocycles. The Balaban J connectivity index is 1.03. The van der Waals surface area contributed by atoms with E-state index in [4.69, 9.17) is 15.2 Å². The highest BCUT2D eigenvalue weighted by Crippen LogP contribution is 2.32. The van der Waals surface area contributed by atoms with Gasteiger partial charge >= 0.3 is 0 Å². The van der Waals surface area contributed by atoms with Crippen LogP contribution in [-0.4, -0.2) is 207 Å². The van der Waals surface area contributed by atoms with Crippen LogP contribution in [0.1, 0.15) is 93.7 Å². The van der Waals surface area contributed by atoms with Gasteiger partial charge in [0.2, 0.25) is 76.9 Å². The number of carbonyl (C=O) groups is 12. The van der Waals surface area contributed by atoms with Gasteiger partial charge in [0.25, 0.3) is 0 Å². The molecule has 13 atom stereocenters. The van der Waals surface area contributed by atoms with Crippen LogP contribution in [0.2, 0.25) is 0 Å². The Morgan fingerprint density at radius 3 is 2.17 bits per heavy atom. The maximum atomic E-state index is 15.8. The number of nitrogens with zero attached hydrogens (tertiary/aromatic N) is 5. The minimum absolute atomic E-state index is 0.0118. The Kier molecular flexibility index (Phi) is 23.7. The summed E-state index contributed by atoms with van der Waals surface area (Å²) in [6.45, 7) is 6.24. The van der Waals surface area contributed by atoms with Crippen molar-refractivity contribution < 1.29 is 81.2 Å². The maximum absolute atomic E-state index is 15.8. The summed E-state index contributed by atoms with van der Waals surface area (Å²) in [5, 5.41) is 44.5. The molecule has 11 rings (SSSR count). The molecule has 10 bridgehead atoms. The number of carbonyl (C=O) groups excluding carboxylic acids is 12. The monoisotopic (exact) mass is 1420 g/mol. The van der Waals surface area contributed by atoms with Gasteiger partial charge in [-0.25, -0.2) is 4.39 Å². The first-order chi connectivity index (χ1) is 49.1. The van der Waals surface area contributed by atoms with Gasteiger partial charge in [-0.2, -0.15) is 0 Å². The van der Waals surface area contributed by atoms with E-state index in [9.17, 15) is 38.7 Å². The predicted octanol–water partition coefficient (Wildman–Crippen LogP) is -0.876. The van der Waals surface area contributed by atoms with Crippen molar-refractivity contribution in [1.29, 1.82) is 0 Å². The zero-order chi connectivity index (χ0) is 74.0. The van der Waals surface area contributed by atoms with Gasteiger partial charge in [0.05, 0.1) is 25.7 Å². The largest absolute Gasteiger partial charge is 0.497 e. The number of aliphatic hydroxyl groups excluding tert-OH is 1. The molecular weight excluding hydrogens is 1340 g/mol. The van der Waals surface area contributed by atoms with Crippen molar-refractivity contribution in [3.05, 3.63) is 136 Å². The molecule has 31 nitrogen and oxygen atoms in total. The Hall–Kier alpha value is -11.0. The fraction of sp³-hybridized carbons (Fsp3) is 0.451. The molecule has 32 heteroatoms. The van der Waals surface area contributed by atoms with Crippen molar-refractivity contribution in [1.82, 2.24) is 62.6 Å². The molecule has 2 unspecified atom stereocenters. The second-order valence-electron chi connectivity index (χ2n) is 26.9. The molecule has 0 aliphatic carbocycles. The van der Waals surface area contributed by atoms with Crippen molar-refractivity contribution in [2.45, 2.75) is 177 Å². The number of benzene rings is 4. The van der Waals surface area contributed by atoms with E-state index < -0.39 is 161 Å². The normalized spacial score (nSPS) is 27.3. The highest BCUT2D eigenvalue weighted by atomic mass is 19.1. The number of halogens is 1. The third kappa shape index (κ3) is 18.4. The number of ether oxygens (including phenoxy) is 2. The van der Waals surface area contributed by atoms with E-state index >= 15 is 28.4 Å². The van der Waals surface area contributed by atoms with Gasteiger partial charge in [0.15, 0.2) is 0 Å². The lowest BCUT2D eigenvalue weighted by atomic mass is 9.94. The van der Waals surface area contributed by atoms with Crippen LogP contribution in [0.5, 0.6) is 5.75 Å². The number of aliphatic hydroxyl groups is 1. The standard InChI is InChI=1S/C71H85FN16O15/c1-37-62(93)76-38(2)63(94)79-53-28-44-9-7-10-45(25-44)34-86-35-48(84-85-86)36-103-57-21-24-87(68(99)56(80-65(53)96)29-46-33-74-51-20-17-47(72)30-50(46)51)60(57)67(98)83-59(39(3)89)66(97)81-55(27-42-15-18-49(102-6)19-16-42)69(100)88-23-8-22-71(88,5)70(101)82-52(61(73)92)26-41-11-13-43(14-12-41)32-75-58(91)31-54(64(95)77-37)78-40(4)90/h7,9-20,25,30,33,35,37-39,48,52-57,59-60,74,89H,8,21-24,26-29,31-32,34,36H2,1-6H3,(H10-,73,75,76,77,78,79,80,81,82,83,90,91,92,93,94,95,96,97,98,101)/p+1/t37-,38+,39-,48?,52-,53?,54-,55-,56-,57-,59-,60-,71-/m0/s1. The van der Waals surface area contributed by atoms with Crippen molar-refractivity contribution in [2.75, 3.05) is 26.8 Å². The number of H-pyrrole nitrogens is 1. The summed E-state index contributed by atoms with van der Waals surface area (Å²) < 4.78 is 28.5. The molecule has 103 heavy (non-hydrogen) atoms. The highest BCUT2D eigenvalue weighted by molar-refractivity contribution is 6.01. The van der Waals surface area contributed by atoms with E-state index in [1.807, 2.05) is 0 Å². The third-order valence-electron chi connectivity index (χ3n) is 19.1. The molecule has 2 saturated heterocycles. The molecule has 13 N–H and O–H groups in total. The molecule has 7 heterocycles. The summed E-state index contributed by atoms with van der Waals surface area (Å²) in [6, 6.07) is 9.65. The minimum Gasteiger partial charge on any atom is -0.497 e. The molecule has 12 amide bonds. The van der Waals surface area contributed by atoms with E-state index in [2.05, 4.69) is 63.2 Å². The smallest absolute Gasteiger partial charge is 0.246 e. The number of aromatic nitrogens is 1. The van der Waals surface area contributed by atoms with Crippen LogP contribution in [0.25, 0.3) is 10.9 Å². The molecule has 0 spiro atoms. The summed E-state index contributed by atoms with van der Waals surface area (Å²) in [5.41, 5.74) is 7.91. The molecule has 0 radical (unpaired) electrons. The van der Waals surface area contributed by atoms with Gasteiger partial charge in [0, 0.05) is 74.5 Å². The summed E-state index contributed by atoms with van der Waals surface area (Å²) >= 11 is 0. The van der Waals surface area contributed by atoms with E-state index in [0.717, 1.165) is 11.8 Å². The van der Waals surface area contributed by atoms with Crippen LogP contribution >= 0.6 is 0 Å². The lowest BCUT2D eigenvalue weighted by molar-refractivity contribution is -0.548. The zero-order valence-electron chi connectivity index (χ0n) is 57.8. The highest BCUT2D eigenvalue weighted by Gasteiger charge is 2.50. The molecule has 6 aliphatic heterocycles. The Bertz CT molecular complexity index is 4150. The average Bonchev–Trinajstić information content (AvgIpc) is 1.69. The summed E-state index contributed by atoms with van der Waals surface area (Å²) in [6.07, 6.45) is -0.716. The Morgan fingerprint density at radius 1 is 0.767 bits per heavy atom. The number of hydrogen-bond acceptors (Lipinski definition) is 17. The molecule has 1 aromatic heterocycles. The third-order valence-corrected chi connectivity index (χ3v) is 19.1.